The summed E-state index contributed by atoms with van der Waals surface area (Å²) in [4.78, 5) is 11.0. The summed E-state index contributed by atoms with van der Waals surface area (Å²) in [6.45, 7) is 11.1. The Morgan fingerprint density at radius 3 is 2.32 bits per heavy atom. The standard InChI is InChI=1S/C19H38O2S/c1-7-8-9-10-11-17(13-15-20)22-18(16(2)3)12-14-19(4,5)21-6/h15-18H,7-14H2,1-6H3. The maximum Gasteiger partial charge on any atom is 0.121 e. The highest BCUT2D eigenvalue weighted by molar-refractivity contribution is 8.00. The quantitative estimate of drug-likeness (QED) is 0.294. The molecule has 0 heterocycles. The molecule has 0 bridgehead atoms. The Morgan fingerprint density at radius 1 is 1.14 bits per heavy atom. The molecule has 0 saturated carbocycles. The van der Waals surface area contributed by atoms with E-state index in [2.05, 4.69) is 34.6 Å². The third kappa shape index (κ3) is 10.7. The smallest absolute Gasteiger partial charge is 0.121 e. The minimum absolute atomic E-state index is 0.0466. The molecule has 2 unspecified atom stereocenters. The molecule has 0 aliphatic rings. The molecule has 0 aliphatic carbocycles. The van der Waals surface area contributed by atoms with Crippen LogP contribution < -0.4 is 0 Å². The monoisotopic (exact) mass is 330 g/mol. The van der Waals surface area contributed by atoms with E-state index in [4.69, 9.17) is 4.74 Å². The van der Waals surface area contributed by atoms with Gasteiger partial charge in [-0.3, -0.25) is 0 Å². The van der Waals surface area contributed by atoms with Crippen LogP contribution in [-0.2, 0) is 9.53 Å². The molecule has 0 fully saturated rings. The first kappa shape index (κ1) is 22.0. The van der Waals surface area contributed by atoms with E-state index in [1.54, 1.807) is 7.11 Å². The predicted octanol–water partition coefficient (Wildman–Crippen LogP) is 5.88. The normalized spacial score (nSPS) is 15.0. The van der Waals surface area contributed by atoms with Crippen molar-refractivity contribution in [2.45, 2.75) is 102 Å². The fourth-order valence-electron chi connectivity index (χ4n) is 2.55. The van der Waals surface area contributed by atoms with Crippen LogP contribution >= 0.6 is 11.8 Å². The highest BCUT2D eigenvalue weighted by Gasteiger charge is 2.24. The molecule has 3 heteroatoms. The van der Waals surface area contributed by atoms with Gasteiger partial charge in [-0.2, -0.15) is 11.8 Å². The number of unbranched alkanes of at least 4 members (excludes halogenated alkanes) is 3. The van der Waals surface area contributed by atoms with Crippen LogP contribution in [0.5, 0.6) is 0 Å². The molecule has 0 radical (unpaired) electrons. The summed E-state index contributed by atoms with van der Waals surface area (Å²) in [5, 5.41) is 1.11. The molecule has 0 aromatic rings. The van der Waals surface area contributed by atoms with Crippen molar-refractivity contribution in [3.63, 3.8) is 0 Å². The van der Waals surface area contributed by atoms with Crippen molar-refractivity contribution in [1.82, 2.24) is 0 Å². The van der Waals surface area contributed by atoms with E-state index in [0.29, 0.717) is 22.8 Å². The summed E-state index contributed by atoms with van der Waals surface area (Å²) in [5.41, 5.74) is -0.0466. The molecule has 0 saturated heterocycles. The van der Waals surface area contributed by atoms with Gasteiger partial charge in [-0.05, 0) is 39.0 Å². The Hall–Kier alpha value is -0.0200. The molecular formula is C19H38O2S. The Kier molecular flexibility index (Phi) is 12.4. The highest BCUT2D eigenvalue weighted by atomic mass is 32.2. The lowest BCUT2D eigenvalue weighted by Gasteiger charge is -2.29. The van der Waals surface area contributed by atoms with E-state index in [1.165, 1.54) is 32.1 Å². The van der Waals surface area contributed by atoms with Crippen LogP contribution in [0.2, 0.25) is 0 Å². The van der Waals surface area contributed by atoms with Gasteiger partial charge in [0.1, 0.15) is 6.29 Å². The van der Waals surface area contributed by atoms with Gasteiger partial charge in [0.25, 0.3) is 0 Å². The molecule has 0 aliphatic heterocycles. The van der Waals surface area contributed by atoms with Crippen molar-refractivity contribution in [2.24, 2.45) is 5.92 Å². The van der Waals surface area contributed by atoms with Crippen molar-refractivity contribution in [1.29, 1.82) is 0 Å². The van der Waals surface area contributed by atoms with E-state index in [1.807, 2.05) is 11.8 Å². The Bertz CT molecular complexity index is 277. The van der Waals surface area contributed by atoms with Crippen molar-refractivity contribution < 1.29 is 9.53 Å². The molecule has 22 heavy (non-hydrogen) atoms. The second kappa shape index (κ2) is 12.4. The van der Waals surface area contributed by atoms with E-state index < -0.39 is 0 Å². The van der Waals surface area contributed by atoms with Gasteiger partial charge in [-0.25, -0.2) is 0 Å². The third-order valence-corrected chi connectivity index (χ3v) is 6.38. The van der Waals surface area contributed by atoms with Gasteiger partial charge in [-0.1, -0.05) is 46.5 Å². The summed E-state index contributed by atoms with van der Waals surface area (Å²) < 4.78 is 5.55. The zero-order valence-electron chi connectivity index (χ0n) is 15.7. The molecule has 0 N–H and O–H groups in total. The number of thioether (sulfide) groups is 1. The summed E-state index contributed by atoms with van der Waals surface area (Å²) in [5.74, 6) is 0.641. The van der Waals surface area contributed by atoms with Gasteiger partial charge in [0.2, 0.25) is 0 Å². The van der Waals surface area contributed by atoms with Crippen LogP contribution in [0.15, 0.2) is 0 Å². The Balaban J connectivity index is 4.41. The van der Waals surface area contributed by atoms with Crippen molar-refractivity contribution in [2.75, 3.05) is 7.11 Å². The van der Waals surface area contributed by atoms with Crippen molar-refractivity contribution in [3.8, 4) is 0 Å². The lowest BCUT2D eigenvalue weighted by Crippen LogP contribution is -2.26. The van der Waals surface area contributed by atoms with Crippen LogP contribution in [0.4, 0.5) is 0 Å². The SMILES string of the molecule is CCCCCCC(CC=O)SC(CCC(C)(C)OC)C(C)C. The first-order valence-electron chi connectivity index (χ1n) is 9.00. The first-order valence-corrected chi connectivity index (χ1v) is 9.94. The zero-order chi connectivity index (χ0) is 17.0. The van der Waals surface area contributed by atoms with E-state index in [0.717, 1.165) is 19.1 Å². The molecule has 2 nitrogen and oxygen atoms in total. The van der Waals surface area contributed by atoms with Crippen LogP contribution in [-0.4, -0.2) is 29.5 Å². The average Bonchev–Trinajstić information content (AvgIpc) is 2.47. The maximum atomic E-state index is 11.0. The number of hydrogen-bond donors (Lipinski definition) is 0. The van der Waals surface area contributed by atoms with E-state index in [-0.39, 0.29) is 5.60 Å². The van der Waals surface area contributed by atoms with Crippen LogP contribution in [0.1, 0.15) is 86.0 Å². The molecule has 2 atom stereocenters. The topological polar surface area (TPSA) is 26.3 Å². The maximum absolute atomic E-state index is 11.0. The van der Waals surface area contributed by atoms with Gasteiger partial charge in [0.05, 0.1) is 5.60 Å². The lowest BCUT2D eigenvalue weighted by molar-refractivity contribution is -0.107. The van der Waals surface area contributed by atoms with Gasteiger partial charge in [0, 0.05) is 24.0 Å². The predicted molar refractivity (Wildman–Crippen MR) is 99.8 cm³/mol. The average molecular weight is 331 g/mol. The fourth-order valence-corrected chi connectivity index (χ4v) is 4.10. The van der Waals surface area contributed by atoms with E-state index in [9.17, 15) is 4.79 Å². The largest absolute Gasteiger partial charge is 0.379 e. The minimum Gasteiger partial charge on any atom is -0.379 e. The highest BCUT2D eigenvalue weighted by Crippen LogP contribution is 2.33. The van der Waals surface area contributed by atoms with Crippen LogP contribution in [0, 0.1) is 5.92 Å². The Morgan fingerprint density at radius 2 is 1.82 bits per heavy atom. The number of carbonyl (C=O) groups is 1. The summed E-state index contributed by atoms with van der Waals surface area (Å²) in [7, 11) is 1.79. The second-order valence-electron chi connectivity index (χ2n) is 7.29. The zero-order valence-corrected chi connectivity index (χ0v) is 16.5. The number of methoxy groups -OCH3 is 1. The van der Waals surface area contributed by atoms with Crippen LogP contribution in [0.25, 0.3) is 0 Å². The lowest BCUT2D eigenvalue weighted by atomic mass is 9.97. The molecule has 0 spiro atoms. The van der Waals surface area contributed by atoms with Gasteiger partial charge >= 0.3 is 0 Å². The minimum atomic E-state index is -0.0466. The van der Waals surface area contributed by atoms with Gasteiger partial charge in [0.15, 0.2) is 0 Å². The Labute approximate surface area is 143 Å². The number of carbonyl (C=O) groups excluding carboxylic acids is 1. The van der Waals surface area contributed by atoms with E-state index >= 15 is 0 Å². The summed E-state index contributed by atoms with van der Waals surface area (Å²) >= 11 is 2.04. The van der Waals surface area contributed by atoms with Gasteiger partial charge < -0.3 is 9.53 Å². The van der Waals surface area contributed by atoms with Crippen molar-refractivity contribution in [3.05, 3.63) is 0 Å². The van der Waals surface area contributed by atoms with Crippen molar-refractivity contribution >= 4 is 18.0 Å². The fraction of sp³-hybridized carbons (Fsp3) is 0.947. The first-order chi connectivity index (χ1) is 10.4. The molecule has 132 valence electrons. The second-order valence-corrected chi connectivity index (χ2v) is 8.84. The molecule has 0 aromatic heterocycles. The third-order valence-electron chi connectivity index (χ3n) is 4.43. The molecule has 0 rings (SSSR count). The number of aldehydes is 1. The molecule has 0 amide bonds. The van der Waals surface area contributed by atoms with Crippen LogP contribution in [0.3, 0.4) is 0 Å². The summed E-state index contributed by atoms with van der Waals surface area (Å²) in [6, 6.07) is 0. The summed E-state index contributed by atoms with van der Waals surface area (Å²) in [6.07, 6.45) is 10.4. The molecule has 0 aromatic carbocycles. The van der Waals surface area contributed by atoms with Gasteiger partial charge in [-0.15, -0.1) is 0 Å². The number of ether oxygens (including phenoxy) is 1. The number of hydrogen-bond acceptors (Lipinski definition) is 3. The number of rotatable bonds is 14. The molecular weight excluding hydrogens is 292 g/mol.